The Morgan fingerprint density at radius 2 is 1.58 bits per heavy atom. The van der Waals surface area contributed by atoms with E-state index in [0.717, 1.165) is 43.7 Å². The molecule has 0 saturated carbocycles. The van der Waals surface area contributed by atoms with Crippen LogP contribution < -0.4 is 0 Å². The molecule has 0 aliphatic heterocycles. The van der Waals surface area contributed by atoms with Crippen LogP contribution in [0.25, 0.3) is 54.7 Å². The van der Waals surface area contributed by atoms with Gasteiger partial charge in [0.1, 0.15) is 11.2 Å². The van der Waals surface area contributed by atoms with E-state index in [-0.39, 0.29) is 6.42 Å². The monoisotopic (exact) mass is 441 g/mol. The number of benzene rings is 4. The van der Waals surface area contributed by atoms with Crippen molar-refractivity contribution in [3.63, 3.8) is 0 Å². The second-order valence-corrected chi connectivity index (χ2v) is 8.31. The topological polar surface area (TPSA) is 26.0 Å². The molecule has 4 aromatic carbocycles. The molecule has 0 aliphatic rings. The number of pyridine rings is 1. The predicted octanol–water partition coefficient (Wildman–Crippen LogP) is 8.45. The third kappa shape index (κ3) is 3.50. The SMILES string of the molecule is FC(F)(F)CCc1ccc(-c2cccc3oc4c5cc6ccccc6cc5ccc4c23)nc1. The van der Waals surface area contributed by atoms with Crippen LogP contribution in [0.5, 0.6) is 0 Å². The number of aromatic nitrogens is 1. The number of hydrogen-bond donors (Lipinski definition) is 0. The van der Waals surface area contributed by atoms with Gasteiger partial charge in [0.25, 0.3) is 0 Å². The Balaban J connectivity index is 1.50. The molecule has 2 heterocycles. The van der Waals surface area contributed by atoms with Crippen molar-refractivity contribution in [1.29, 1.82) is 0 Å². The number of halogens is 3. The second-order valence-electron chi connectivity index (χ2n) is 8.31. The Morgan fingerprint density at radius 3 is 2.33 bits per heavy atom. The average Bonchev–Trinajstić information content (AvgIpc) is 3.21. The van der Waals surface area contributed by atoms with E-state index in [2.05, 4.69) is 41.4 Å². The summed E-state index contributed by atoms with van der Waals surface area (Å²) >= 11 is 0. The van der Waals surface area contributed by atoms with Gasteiger partial charge < -0.3 is 4.42 Å². The molecule has 2 nitrogen and oxygen atoms in total. The summed E-state index contributed by atoms with van der Waals surface area (Å²) in [5, 5.41) is 6.42. The Hall–Kier alpha value is -3.86. The van der Waals surface area contributed by atoms with E-state index in [1.807, 2.05) is 30.3 Å². The molecule has 0 saturated heterocycles. The molecule has 6 rings (SSSR count). The van der Waals surface area contributed by atoms with Crippen molar-refractivity contribution in [3.05, 3.63) is 90.6 Å². The van der Waals surface area contributed by atoms with E-state index in [4.69, 9.17) is 4.42 Å². The smallest absolute Gasteiger partial charge is 0.389 e. The zero-order chi connectivity index (χ0) is 22.6. The molecule has 0 atom stereocenters. The number of hydrogen-bond acceptors (Lipinski definition) is 2. The lowest BCUT2D eigenvalue weighted by Gasteiger charge is -2.07. The van der Waals surface area contributed by atoms with Crippen molar-refractivity contribution >= 4 is 43.5 Å². The standard InChI is InChI=1S/C28H18F3NO/c29-28(30,31)13-12-17-8-11-24(32-16-17)21-6-3-7-25-26(21)22-10-9-20-14-18-4-1-2-5-19(18)15-23(20)27(22)33-25/h1-11,14-16H,12-13H2. The van der Waals surface area contributed by atoms with Crippen LogP contribution in [0.2, 0.25) is 0 Å². The zero-order valence-corrected chi connectivity index (χ0v) is 17.5. The van der Waals surface area contributed by atoms with E-state index in [0.29, 0.717) is 11.3 Å². The number of rotatable bonds is 3. The largest absolute Gasteiger partial charge is 0.455 e. The third-order valence-corrected chi connectivity index (χ3v) is 6.14. The first-order chi connectivity index (χ1) is 16.0. The highest BCUT2D eigenvalue weighted by Gasteiger charge is 2.26. The lowest BCUT2D eigenvalue weighted by atomic mass is 9.99. The number of furan rings is 1. The Labute approximate surface area is 187 Å². The van der Waals surface area contributed by atoms with Crippen molar-refractivity contribution in [2.45, 2.75) is 19.0 Å². The molecule has 0 radical (unpaired) electrons. The van der Waals surface area contributed by atoms with Gasteiger partial charge in [0.05, 0.1) is 5.69 Å². The molecule has 0 spiro atoms. The molecule has 0 N–H and O–H groups in total. The number of nitrogens with zero attached hydrogens (tertiary/aromatic N) is 1. The predicted molar refractivity (Wildman–Crippen MR) is 126 cm³/mol. The van der Waals surface area contributed by atoms with E-state index in [1.54, 1.807) is 12.1 Å². The highest BCUT2D eigenvalue weighted by Crippen LogP contribution is 2.39. The van der Waals surface area contributed by atoms with Gasteiger partial charge in [-0.15, -0.1) is 0 Å². The first-order valence-electron chi connectivity index (χ1n) is 10.8. The fourth-order valence-electron chi connectivity index (χ4n) is 4.53. The minimum absolute atomic E-state index is 0.0738. The summed E-state index contributed by atoms with van der Waals surface area (Å²) < 4.78 is 43.9. The summed E-state index contributed by atoms with van der Waals surface area (Å²) in [5.74, 6) is 0. The molecule has 0 bridgehead atoms. The van der Waals surface area contributed by atoms with Gasteiger partial charge in [-0.05, 0) is 58.5 Å². The van der Waals surface area contributed by atoms with E-state index in [9.17, 15) is 13.2 Å². The zero-order valence-electron chi connectivity index (χ0n) is 17.5. The number of alkyl halides is 3. The Bertz CT molecular complexity index is 1650. The average molecular weight is 441 g/mol. The summed E-state index contributed by atoms with van der Waals surface area (Å²) in [6.07, 6.45) is -3.56. The first kappa shape index (κ1) is 19.8. The van der Waals surface area contributed by atoms with Crippen LogP contribution in [0.15, 0.2) is 89.5 Å². The molecule has 2 aromatic heterocycles. The maximum Gasteiger partial charge on any atom is 0.389 e. The van der Waals surface area contributed by atoms with Crippen LogP contribution >= 0.6 is 0 Å². The maximum atomic E-state index is 12.5. The molecule has 6 aromatic rings. The fourth-order valence-corrected chi connectivity index (χ4v) is 4.53. The summed E-state index contributed by atoms with van der Waals surface area (Å²) in [6, 6.07) is 26.1. The van der Waals surface area contributed by atoms with Gasteiger partial charge in [0.15, 0.2) is 0 Å². The van der Waals surface area contributed by atoms with Crippen molar-refractivity contribution in [3.8, 4) is 11.3 Å². The molecular formula is C28H18F3NO. The van der Waals surface area contributed by atoms with Crippen molar-refractivity contribution in [1.82, 2.24) is 4.98 Å². The van der Waals surface area contributed by atoms with Crippen molar-refractivity contribution in [2.75, 3.05) is 0 Å². The molecular weight excluding hydrogens is 423 g/mol. The van der Waals surface area contributed by atoms with Gasteiger partial charge in [-0.1, -0.05) is 48.5 Å². The van der Waals surface area contributed by atoms with E-state index >= 15 is 0 Å². The normalized spacial score (nSPS) is 12.3. The Kier molecular flexibility index (Phi) is 4.40. The lowest BCUT2D eigenvalue weighted by Crippen LogP contribution is -2.08. The van der Waals surface area contributed by atoms with E-state index < -0.39 is 12.6 Å². The van der Waals surface area contributed by atoms with Crippen LogP contribution in [-0.2, 0) is 6.42 Å². The summed E-state index contributed by atoms with van der Waals surface area (Å²) in [4.78, 5) is 4.48. The van der Waals surface area contributed by atoms with Crippen molar-refractivity contribution < 1.29 is 17.6 Å². The quantitative estimate of drug-likeness (QED) is 0.258. The van der Waals surface area contributed by atoms with Gasteiger partial charge in [-0.2, -0.15) is 13.2 Å². The molecule has 0 aliphatic carbocycles. The Morgan fingerprint density at radius 1 is 0.758 bits per heavy atom. The first-order valence-corrected chi connectivity index (χ1v) is 10.8. The lowest BCUT2D eigenvalue weighted by molar-refractivity contribution is -0.134. The van der Waals surface area contributed by atoms with Crippen LogP contribution in [0, 0.1) is 0 Å². The van der Waals surface area contributed by atoms with Crippen LogP contribution in [0.3, 0.4) is 0 Å². The molecule has 33 heavy (non-hydrogen) atoms. The summed E-state index contributed by atoms with van der Waals surface area (Å²) in [7, 11) is 0. The van der Waals surface area contributed by atoms with E-state index in [1.165, 1.54) is 11.6 Å². The van der Waals surface area contributed by atoms with Crippen LogP contribution in [-0.4, -0.2) is 11.2 Å². The minimum Gasteiger partial charge on any atom is -0.455 e. The molecule has 0 fully saturated rings. The van der Waals surface area contributed by atoms with Gasteiger partial charge in [-0.3, -0.25) is 4.98 Å². The number of fused-ring (bicyclic) bond motifs is 6. The van der Waals surface area contributed by atoms with Crippen LogP contribution in [0.4, 0.5) is 13.2 Å². The molecule has 162 valence electrons. The summed E-state index contributed by atoms with van der Waals surface area (Å²) in [5.41, 5.74) is 3.75. The van der Waals surface area contributed by atoms with Gasteiger partial charge in [-0.25, -0.2) is 0 Å². The highest BCUT2D eigenvalue weighted by atomic mass is 19.4. The van der Waals surface area contributed by atoms with Crippen molar-refractivity contribution in [2.24, 2.45) is 0 Å². The molecule has 0 unspecified atom stereocenters. The molecule has 0 amide bonds. The summed E-state index contributed by atoms with van der Waals surface area (Å²) in [6.45, 7) is 0. The van der Waals surface area contributed by atoms with Gasteiger partial charge in [0, 0.05) is 34.3 Å². The third-order valence-electron chi connectivity index (χ3n) is 6.14. The second kappa shape index (κ2) is 7.34. The minimum atomic E-state index is -4.17. The fraction of sp³-hybridized carbons (Fsp3) is 0.107. The molecule has 5 heteroatoms. The van der Waals surface area contributed by atoms with Gasteiger partial charge >= 0.3 is 6.18 Å². The maximum absolute atomic E-state index is 12.5. The highest BCUT2D eigenvalue weighted by molar-refractivity contribution is 6.20. The number of aryl methyl sites for hydroxylation is 1. The van der Waals surface area contributed by atoms with Gasteiger partial charge in [0.2, 0.25) is 0 Å². The van der Waals surface area contributed by atoms with Crippen LogP contribution in [0.1, 0.15) is 12.0 Å².